The molecule has 0 spiro atoms. The van der Waals surface area contributed by atoms with Crippen molar-refractivity contribution in [1.82, 2.24) is 10.6 Å². The van der Waals surface area contributed by atoms with E-state index in [0.717, 1.165) is 0 Å². The Bertz CT molecular complexity index is 291. The molecule has 1 aliphatic rings. The summed E-state index contributed by atoms with van der Waals surface area (Å²) in [6.45, 7) is 2.48. The second-order valence-electron chi connectivity index (χ2n) is 3.51. The number of nitrogens with one attached hydrogen (secondary N) is 2. The highest BCUT2D eigenvalue weighted by Crippen LogP contribution is 2.03. The highest BCUT2D eigenvalue weighted by atomic mass is 16.5. The summed E-state index contributed by atoms with van der Waals surface area (Å²) in [6, 6.07) is -0.382. The van der Waals surface area contributed by atoms with Crippen LogP contribution in [-0.4, -0.2) is 37.0 Å². The predicted octanol–water partition coefficient (Wildman–Crippen LogP) is -0.666. The molecular formula is C10H16N2O4. The normalized spacial score (nSPS) is 20.4. The van der Waals surface area contributed by atoms with Crippen molar-refractivity contribution in [3.05, 3.63) is 0 Å². The van der Waals surface area contributed by atoms with Gasteiger partial charge in [0.2, 0.25) is 11.8 Å². The Labute approximate surface area is 93.7 Å². The van der Waals surface area contributed by atoms with Gasteiger partial charge in [0, 0.05) is 13.0 Å². The molecule has 1 atom stereocenters. The van der Waals surface area contributed by atoms with Gasteiger partial charge in [0.15, 0.2) is 0 Å². The molecule has 2 N–H and O–H groups in total. The molecule has 0 radical (unpaired) electrons. The molecule has 0 bridgehead atoms. The van der Waals surface area contributed by atoms with Crippen molar-refractivity contribution in [3.8, 4) is 0 Å². The Morgan fingerprint density at radius 1 is 1.56 bits per heavy atom. The highest BCUT2D eigenvalue weighted by Gasteiger charge is 2.25. The Morgan fingerprint density at radius 2 is 2.31 bits per heavy atom. The molecule has 0 aliphatic carbocycles. The molecule has 2 amide bonds. The first-order chi connectivity index (χ1) is 7.63. The molecule has 1 heterocycles. The molecule has 1 aliphatic heterocycles. The number of carbonyl (C=O) groups is 3. The average molecular weight is 228 g/mol. The zero-order valence-electron chi connectivity index (χ0n) is 9.25. The second-order valence-corrected chi connectivity index (χ2v) is 3.51. The maximum Gasteiger partial charge on any atom is 0.307 e. The Morgan fingerprint density at radius 3 is 2.94 bits per heavy atom. The van der Waals surface area contributed by atoms with Gasteiger partial charge in [-0.3, -0.25) is 19.7 Å². The van der Waals surface area contributed by atoms with Crippen LogP contribution in [0.3, 0.4) is 0 Å². The largest absolute Gasteiger partial charge is 0.466 e. The monoisotopic (exact) mass is 228 g/mol. The van der Waals surface area contributed by atoms with Crippen LogP contribution < -0.4 is 10.6 Å². The summed E-state index contributed by atoms with van der Waals surface area (Å²) in [5, 5.41) is 5.15. The van der Waals surface area contributed by atoms with Gasteiger partial charge in [0.25, 0.3) is 0 Å². The van der Waals surface area contributed by atoms with Crippen molar-refractivity contribution in [1.29, 1.82) is 0 Å². The summed E-state index contributed by atoms with van der Waals surface area (Å²) < 4.78 is 4.74. The molecule has 0 aromatic carbocycles. The van der Waals surface area contributed by atoms with E-state index in [1.54, 1.807) is 6.92 Å². The fourth-order valence-electron chi connectivity index (χ4n) is 1.47. The number of esters is 1. The molecular weight excluding hydrogens is 212 g/mol. The van der Waals surface area contributed by atoms with Crippen molar-refractivity contribution in [3.63, 3.8) is 0 Å². The maximum absolute atomic E-state index is 11.3. The molecule has 6 heteroatoms. The van der Waals surface area contributed by atoms with Gasteiger partial charge in [-0.05, 0) is 13.3 Å². The third kappa shape index (κ3) is 3.98. The van der Waals surface area contributed by atoms with Gasteiger partial charge < -0.3 is 10.1 Å². The van der Waals surface area contributed by atoms with Crippen LogP contribution >= 0.6 is 0 Å². The zero-order valence-corrected chi connectivity index (χ0v) is 9.25. The first-order valence-corrected chi connectivity index (χ1v) is 5.36. The van der Waals surface area contributed by atoms with E-state index in [4.69, 9.17) is 4.74 Å². The SMILES string of the molecule is CCOC(=O)CCNC1CCC(=O)NC1=O. The first kappa shape index (κ1) is 12.6. The summed E-state index contributed by atoms with van der Waals surface area (Å²) in [5.41, 5.74) is 0. The van der Waals surface area contributed by atoms with Gasteiger partial charge >= 0.3 is 5.97 Å². The summed E-state index contributed by atoms with van der Waals surface area (Å²) in [7, 11) is 0. The molecule has 0 saturated carbocycles. The van der Waals surface area contributed by atoms with E-state index in [2.05, 4.69) is 10.6 Å². The van der Waals surface area contributed by atoms with Gasteiger partial charge in [-0.25, -0.2) is 0 Å². The van der Waals surface area contributed by atoms with Crippen LogP contribution in [0.1, 0.15) is 26.2 Å². The van der Waals surface area contributed by atoms with Crippen LogP contribution in [-0.2, 0) is 19.1 Å². The fourth-order valence-corrected chi connectivity index (χ4v) is 1.47. The van der Waals surface area contributed by atoms with Crippen LogP contribution in [0.25, 0.3) is 0 Å². The third-order valence-electron chi connectivity index (χ3n) is 2.26. The van der Waals surface area contributed by atoms with Gasteiger partial charge in [-0.2, -0.15) is 0 Å². The van der Waals surface area contributed by atoms with Crippen molar-refractivity contribution in [2.75, 3.05) is 13.2 Å². The number of carbonyl (C=O) groups excluding carboxylic acids is 3. The number of piperidine rings is 1. The Balaban J connectivity index is 2.20. The van der Waals surface area contributed by atoms with E-state index in [1.807, 2.05) is 0 Å². The third-order valence-corrected chi connectivity index (χ3v) is 2.26. The number of amides is 2. The van der Waals surface area contributed by atoms with Crippen molar-refractivity contribution >= 4 is 17.8 Å². The van der Waals surface area contributed by atoms with Gasteiger partial charge in [-0.15, -0.1) is 0 Å². The van der Waals surface area contributed by atoms with Crippen LogP contribution in [0.15, 0.2) is 0 Å². The van der Waals surface area contributed by atoms with E-state index < -0.39 is 0 Å². The average Bonchev–Trinajstić information content (AvgIpc) is 2.22. The fraction of sp³-hybridized carbons (Fsp3) is 0.700. The minimum absolute atomic E-state index is 0.228. The van der Waals surface area contributed by atoms with E-state index >= 15 is 0 Å². The molecule has 0 aromatic rings. The lowest BCUT2D eigenvalue weighted by Gasteiger charge is -2.21. The summed E-state index contributed by atoms with van der Waals surface area (Å²) in [4.78, 5) is 33.1. The number of imide groups is 1. The van der Waals surface area contributed by atoms with Gasteiger partial charge in [0.05, 0.1) is 19.1 Å². The van der Waals surface area contributed by atoms with Crippen LogP contribution in [0.5, 0.6) is 0 Å². The lowest BCUT2D eigenvalue weighted by Crippen LogP contribution is -2.51. The minimum Gasteiger partial charge on any atom is -0.466 e. The molecule has 1 saturated heterocycles. The standard InChI is InChI=1S/C10H16N2O4/c1-2-16-9(14)5-6-11-7-3-4-8(13)12-10(7)15/h7,11H,2-6H2,1H3,(H,12,13,15). The Hall–Kier alpha value is -1.43. The number of hydrogen-bond donors (Lipinski definition) is 2. The molecule has 90 valence electrons. The molecule has 16 heavy (non-hydrogen) atoms. The molecule has 1 rings (SSSR count). The summed E-state index contributed by atoms with van der Waals surface area (Å²) in [6.07, 6.45) is 1.04. The summed E-state index contributed by atoms with van der Waals surface area (Å²) in [5.74, 6) is -0.851. The van der Waals surface area contributed by atoms with Crippen molar-refractivity contribution < 1.29 is 19.1 Å². The maximum atomic E-state index is 11.3. The van der Waals surface area contributed by atoms with Crippen molar-refractivity contribution in [2.45, 2.75) is 32.2 Å². The lowest BCUT2D eigenvalue weighted by molar-refractivity contribution is -0.143. The lowest BCUT2D eigenvalue weighted by atomic mass is 10.1. The second kappa shape index (κ2) is 6.22. The van der Waals surface area contributed by atoms with Crippen molar-refractivity contribution in [2.24, 2.45) is 0 Å². The molecule has 6 nitrogen and oxygen atoms in total. The van der Waals surface area contributed by atoms with E-state index in [9.17, 15) is 14.4 Å². The number of rotatable bonds is 5. The smallest absolute Gasteiger partial charge is 0.307 e. The summed E-state index contributed by atoms with van der Waals surface area (Å²) >= 11 is 0. The van der Waals surface area contributed by atoms with Gasteiger partial charge in [-0.1, -0.05) is 0 Å². The topological polar surface area (TPSA) is 84.5 Å². The zero-order chi connectivity index (χ0) is 12.0. The number of ether oxygens (including phenoxy) is 1. The molecule has 1 fully saturated rings. The van der Waals surface area contributed by atoms with Gasteiger partial charge in [0.1, 0.15) is 0 Å². The molecule has 0 aromatic heterocycles. The minimum atomic E-state index is -0.382. The highest BCUT2D eigenvalue weighted by molar-refractivity contribution is 6.00. The Kier molecular flexibility index (Phi) is 4.91. The van der Waals surface area contributed by atoms with Crippen LogP contribution in [0.4, 0.5) is 0 Å². The van der Waals surface area contributed by atoms with E-state index in [1.165, 1.54) is 0 Å². The number of hydrogen-bond acceptors (Lipinski definition) is 5. The van der Waals surface area contributed by atoms with E-state index in [0.29, 0.717) is 26.0 Å². The first-order valence-electron chi connectivity index (χ1n) is 5.36. The predicted molar refractivity (Wildman–Crippen MR) is 55.4 cm³/mol. The quantitative estimate of drug-likeness (QED) is 0.482. The van der Waals surface area contributed by atoms with Crippen LogP contribution in [0, 0.1) is 0 Å². The van der Waals surface area contributed by atoms with Crippen LogP contribution in [0.2, 0.25) is 0 Å². The molecule has 1 unspecified atom stereocenters. The van der Waals surface area contributed by atoms with E-state index in [-0.39, 0.29) is 30.2 Å².